The second kappa shape index (κ2) is 6.48. The Labute approximate surface area is 114 Å². The molecule has 3 heteroatoms. The summed E-state index contributed by atoms with van der Waals surface area (Å²) in [6, 6.07) is 8.37. The first kappa shape index (κ1) is 13.8. The maximum Gasteiger partial charge on any atom is 0.120 e. The summed E-state index contributed by atoms with van der Waals surface area (Å²) in [5.74, 6) is 3.85. The third kappa shape index (κ3) is 4.54. The van der Waals surface area contributed by atoms with E-state index in [4.69, 9.17) is 10.5 Å². The van der Waals surface area contributed by atoms with Crippen LogP contribution in [0, 0.1) is 5.92 Å². The van der Waals surface area contributed by atoms with Gasteiger partial charge in [-0.05, 0) is 42.2 Å². The van der Waals surface area contributed by atoms with Crippen LogP contribution in [0.15, 0.2) is 24.3 Å². The van der Waals surface area contributed by atoms with Crippen molar-refractivity contribution < 1.29 is 4.74 Å². The molecule has 1 aliphatic rings. The summed E-state index contributed by atoms with van der Waals surface area (Å²) in [7, 11) is 0. The van der Waals surface area contributed by atoms with E-state index in [2.05, 4.69) is 26.0 Å². The first-order valence-electron chi connectivity index (χ1n) is 6.75. The summed E-state index contributed by atoms with van der Waals surface area (Å²) in [4.78, 5) is 0. The Morgan fingerprint density at radius 2 is 2.11 bits per heavy atom. The van der Waals surface area contributed by atoms with Crippen molar-refractivity contribution in [2.45, 2.75) is 38.8 Å². The number of nitrogens with two attached hydrogens (primary N) is 1. The summed E-state index contributed by atoms with van der Waals surface area (Å²) < 4.78 is 5.80. The Morgan fingerprint density at radius 3 is 2.78 bits per heavy atom. The van der Waals surface area contributed by atoms with Crippen LogP contribution in [-0.2, 0) is 0 Å². The maximum absolute atomic E-state index is 6.22. The highest BCUT2D eigenvalue weighted by Gasteiger charge is 2.23. The Morgan fingerprint density at radius 1 is 1.33 bits per heavy atom. The van der Waals surface area contributed by atoms with Crippen LogP contribution < -0.4 is 10.5 Å². The average Bonchev–Trinajstić information content (AvgIpc) is 3.13. The molecule has 0 saturated heterocycles. The lowest BCUT2D eigenvalue weighted by Gasteiger charge is -2.14. The van der Waals surface area contributed by atoms with Crippen LogP contribution in [0.25, 0.3) is 0 Å². The van der Waals surface area contributed by atoms with Crippen molar-refractivity contribution in [3.63, 3.8) is 0 Å². The predicted molar refractivity (Wildman–Crippen MR) is 79.2 cm³/mol. The first-order chi connectivity index (χ1) is 8.65. The van der Waals surface area contributed by atoms with Gasteiger partial charge in [-0.3, -0.25) is 0 Å². The zero-order chi connectivity index (χ0) is 13.0. The highest BCUT2D eigenvalue weighted by Crippen LogP contribution is 2.28. The Hall–Kier alpha value is -0.670. The molecule has 0 amide bonds. The number of rotatable bonds is 7. The monoisotopic (exact) mass is 265 g/mol. The molecule has 1 atom stereocenters. The van der Waals surface area contributed by atoms with E-state index in [-0.39, 0.29) is 6.04 Å². The standard InChI is InChI=1S/C15H23NOS/c1-11(2)9-18-10-15(16)12-4-3-5-14(8-12)17-13-6-7-13/h3-5,8,11,13,15H,6-7,9-10,16H2,1-2H3. The molecule has 0 aromatic heterocycles. The van der Waals surface area contributed by atoms with E-state index in [0.29, 0.717) is 6.10 Å². The van der Waals surface area contributed by atoms with E-state index in [1.165, 1.54) is 24.2 Å². The van der Waals surface area contributed by atoms with Crippen LogP contribution in [0.4, 0.5) is 0 Å². The summed E-state index contributed by atoms with van der Waals surface area (Å²) in [6.07, 6.45) is 2.84. The van der Waals surface area contributed by atoms with Gasteiger partial charge in [-0.15, -0.1) is 0 Å². The van der Waals surface area contributed by atoms with Crippen molar-refractivity contribution in [1.29, 1.82) is 0 Å². The van der Waals surface area contributed by atoms with Gasteiger partial charge in [-0.1, -0.05) is 26.0 Å². The molecule has 18 heavy (non-hydrogen) atoms. The summed E-state index contributed by atoms with van der Waals surface area (Å²) >= 11 is 1.93. The number of benzene rings is 1. The number of hydrogen-bond acceptors (Lipinski definition) is 3. The minimum atomic E-state index is 0.108. The Bertz CT molecular complexity index is 377. The average molecular weight is 265 g/mol. The lowest BCUT2D eigenvalue weighted by Crippen LogP contribution is -2.14. The van der Waals surface area contributed by atoms with E-state index in [1.54, 1.807) is 0 Å². The second-order valence-electron chi connectivity index (χ2n) is 5.43. The van der Waals surface area contributed by atoms with E-state index < -0.39 is 0 Å². The molecule has 0 heterocycles. The number of ether oxygens (including phenoxy) is 1. The molecule has 0 spiro atoms. The normalized spacial score (nSPS) is 16.9. The SMILES string of the molecule is CC(C)CSCC(N)c1cccc(OC2CC2)c1. The topological polar surface area (TPSA) is 35.2 Å². The van der Waals surface area contributed by atoms with Crippen LogP contribution in [0.5, 0.6) is 5.75 Å². The third-order valence-corrected chi connectivity index (χ3v) is 4.36. The molecule has 1 unspecified atom stereocenters. The van der Waals surface area contributed by atoms with Gasteiger partial charge in [0, 0.05) is 11.8 Å². The molecular weight excluding hydrogens is 242 g/mol. The molecule has 1 aliphatic carbocycles. The fourth-order valence-electron chi connectivity index (χ4n) is 1.72. The zero-order valence-electron chi connectivity index (χ0n) is 11.3. The van der Waals surface area contributed by atoms with Crippen LogP contribution in [-0.4, -0.2) is 17.6 Å². The summed E-state index contributed by atoms with van der Waals surface area (Å²) in [5, 5.41) is 0. The van der Waals surface area contributed by atoms with E-state index >= 15 is 0 Å². The zero-order valence-corrected chi connectivity index (χ0v) is 12.1. The van der Waals surface area contributed by atoms with Gasteiger partial charge in [-0.25, -0.2) is 0 Å². The van der Waals surface area contributed by atoms with E-state index in [9.17, 15) is 0 Å². The van der Waals surface area contributed by atoms with Gasteiger partial charge in [0.2, 0.25) is 0 Å². The fraction of sp³-hybridized carbons (Fsp3) is 0.600. The Kier molecular flexibility index (Phi) is 4.95. The molecule has 1 aromatic carbocycles. The molecule has 2 rings (SSSR count). The van der Waals surface area contributed by atoms with Gasteiger partial charge in [0.05, 0.1) is 6.10 Å². The lowest BCUT2D eigenvalue weighted by molar-refractivity contribution is 0.303. The third-order valence-electron chi connectivity index (χ3n) is 2.86. The molecule has 2 N–H and O–H groups in total. The van der Waals surface area contributed by atoms with Crippen LogP contribution in [0.2, 0.25) is 0 Å². The number of thioether (sulfide) groups is 1. The van der Waals surface area contributed by atoms with Crippen molar-refractivity contribution in [3.8, 4) is 5.75 Å². The van der Waals surface area contributed by atoms with Crippen LogP contribution in [0.1, 0.15) is 38.3 Å². The van der Waals surface area contributed by atoms with Gasteiger partial charge in [0.25, 0.3) is 0 Å². The molecule has 0 radical (unpaired) electrons. The van der Waals surface area contributed by atoms with Crippen LogP contribution in [0.3, 0.4) is 0 Å². The van der Waals surface area contributed by atoms with Crippen molar-refractivity contribution >= 4 is 11.8 Å². The molecule has 0 bridgehead atoms. The van der Waals surface area contributed by atoms with Gasteiger partial charge in [-0.2, -0.15) is 11.8 Å². The van der Waals surface area contributed by atoms with Gasteiger partial charge < -0.3 is 10.5 Å². The molecule has 1 aromatic rings. The van der Waals surface area contributed by atoms with Gasteiger partial charge in [0.15, 0.2) is 0 Å². The van der Waals surface area contributed by atoms with Gasteiger partial charge in [0.1, 0.15) is 5.75 Å². The Balaban J connectivity index is 1.85. The molecule has 100 valence electrons. The second-order valence-corrected chi connectivity index (χ2v) is 6.50. The maximum atomic E-state index is 6.22. The van der Waals surface area contributed by atoms with Crippen LogP contribution >= 0.6 is 11.8 Å². The summed E-state index contributed by atoms with van der Waals surface area (Å²) in [6.45, 7) is 4.48. The van der Waals surface area contributed by atoms with Crippen molar-refractivity contribution in [2.24, 2.45) is 11.7 Å². The van der Waals surface area contributed by atoms with E-state index in [1.807, 2.05) is 23.9 Å². The molecule has 1 saturated carbocycles. The molecule has 2 nitrogen and oxygen atoms in total. The van der Waals surface area contributed by atoms with Crippen molar-refractivity contribution in [3.05, 3.63) is 29.8 Å². The largest absolute Gasteiger partial charge is 0.490 e. The molecule has 0 aliphatic heterocycles. The quantitative estimate of drug-likeness (QED) is 0.818. The summed E-state index contributed by atoms with van der Waals surface area (Å²) in [5.41, 5.74) is 7.40. The lowest BCUT2D eigenvalue weighted by atomic mass is 10.1. The van der Waals surface area contributed by atoms with Crippen molar-refractivity contribution in [2.75, 3.05) is 11.5 Å². The molecule has 1 fully saturated rings. The highest BCUT2D eigenvalue weighted by atomic mass is 32.2. The van der Waals surface area contributed by atoms with Crippen molar-refractivity contribution in [1.82, 2.24) is 0 Å². The minimum absolute atomic E-state index is 0.108. The first-order valence-corrected chi connectivity index (χ1v) is 7.90. The smallest absolute Gasteiger partial charge is 0.120 e. The minimum Gasteiger partial charge on any atom is -0.490 e. The highest BCUT2D eigenvalue weighted by molar-refractivity contribution is 7.99. The predicted octanol–water partition coefficient (Wildman–Crippen LogP) is 3.62. The van der Waals surface area contributed by atoms with E-state index in [0.717, 1.165) is 17.4 Å². The molecular formula is C15H23NOS. The fourth-order valence-corrected chi connectivity index (χ4v) is 2.78. The number of hydrogen-bond donors (Lipinski definition) is 1. The van der Waals surface area contributed by atoms with Gasteiger partial charge >= 0.3 is 0 Å².